The van der Waals surface area contributed by atoms with E-state index in [1.54, 1.807) is 19.2 Å². The standard InChI is InChI=1S/C14H21FN4O/c1-14(2,3)19-13(16-4)17-9-12(20)18-11-7-5-6-10(15)8-11/h5-8H,9H2,1-4H3,(H,18,20)(H2,16,17,19). The summed E-state index contributed by atoms with van der Waals surface area (Å²) in [5.74, 6) is -0.125. The van der Waals surface area contributed by atoms with Gasteiger partial charge in [-0.1, -0.05) is 6.07 Å². The van der Waals surface area contributed by atoms with E-state index in [1.807, 2.05) is 20.8 Å². The van der Waals surface area contributed by atoms with Crippen LogP contribution in [0.25, 0.3) is 0 Å². The molecule has 0 aromatic heterocycles. The molecule has 0 aliphatic carbocycles. The van der Waals surface area contributed by atoms with Gasteiger partial charge in [0, 0.05) is 18.3 Å². The average molecular weight is 280 g/mol. The van der Waals surface area contributed by atoms with Crippen LogP contribution < -0.4 is 16.0 Å². The number of halogens is 1. The summed E-state index contributed by atoms with van der Waals surface area (Å²) in [6, 6.07) is 5.75. The summed E-state index contributed by atoms with van der Waals surface area (Å²) in [6.45, 7) is 6.03. The SMILES string of the molecule is CN=C(NCC(=O)Nc1cccc(F)c1)NC(C)(C)C. The van der Waals surface area contributed by atoms with E-state index in [-0.39, 0.29) is 23.8 Å². The molecule has 3 N–H and O–H groups in total. The zero-order valence-electron chi connectivity index (χ0n) is 12.2. The molecule has 0 bridgehead atoms. The first-order valence-corrected chi connectivity index (χ1v) is 6.34. The van der Waals surface area contributed by atoms with Crippen molar-refractivity contribution in [1.29, 1.82) is 0 Å². The summed E-state index contributed by atoms with van der Waals surface area (Å²) in [7, 11) is 1.63. The van der Waals surface area contributed by atoms with E-state index >= 15 is 0 Å². The first-order valence-electron chi connectivity index (χ1n) is 6.34. The largest absolute Gasteiger partial charge is 0.352 e. The smallest absolute Gasteiger partial charge is 0.243 e. The van der Waals surface area contributed by atoms with Gasteiger partial charge in [-0.05, 0) is 39.0 Å². The van der Waals surface area contributed by atoms with E-state index in [4.69, 9.17) is 0 Å². The van der Waals surface area contributed by atoms with Gasteiger partial charge in [0.05, 0.1) is 6.54 Å². The van der Waals surface area contributed by atoms with Crippen LogP contribution in [0.2, 0.25) is 0 Å². The molecule has 0 radical (unpaired) electrons. The molecule has 0 atom stereocenters. The molecular weight excluding hydrogens is 259 g/mol. The summed E-state index contributed by atoms with van der Waals surface area (Å²) in [6.07, 6.45) is 0. The molecule has 5 nitrogen and oxygen atoms in total. The minimum absolute atomic E-state index is 0.0479. The Kier molecular flexibility index (Phi) is 5.49. The van der Waals surface area contributed by atoms with Gasteiger partial charge < -0.3 is 16.0 Å². The molecule has 0 fully saturated rings. The highest BCUT2D eigenvalue weighted by atomic mass is 19.1. The average Bonchev–Trinajstić information content (AvgIpc) is 2.33. The molecule has 6 heteroatoms. The van der Waals surface area contributed by atoms with Crippen molar-refractivity contribution in [2.24, 2.45) is 4.99 Å². The van der Waals surface area contributed by atoms with Crippen molar-refractivity contribution in [3.63, 3.8) is 0 Å². The molecule has 0 aliphatic rings. The molecule has 20 heavy (non-hydrogen) atoms. The number of anilines is 1. The fourth-order valence-corrected chi connectivity index (χ4v) is 1.47. The Balaban J connectivity index is 2.47. The lowest BCUT2D eigenvalue weighted by Gasteiger charge is -2.23. The summed E-state index contributed by atoms with van der Waals surface area (Å²) < 4.78 is 13.0. The van der Waals surface area contributed by atoms with Crippen molar-refractivity contribution in [2.45, 2.75) is 26.3 Å². The van der Waals surface area contributed by atoms with Gasteiger partial charge in [-0.3, -0.25) is 9.79 Å². The molecule has 0 spiro atoms. The van der Waals surface area contributed by atoms with Gasteiger partial charge in [0.2, 0.25) is 5.91 Å². The molecule has 1 aromatic rings. The zero-order valence-corrected chi connectivity index (χ0v) is 12.2. The van der Waals surface area contributed by atoms with Crippen molar-refractivity contribution in [1.82, 2.24) is 10.6 Å². The van der Waals surface area contributed by atoms with Crippen LogP contribution in [0.1, 0.15) is 20.8 Å². The van der Waals surface area contributed by atoms with E-state index in [2.05, 4.69) is 20.9 Å². The van der Waals surface area contributed by atoms with Gasteiger partial charge >= 0.3 is 0 Å². The van der Waals surface area contributed by atoms with Crippen LogP contribution >= 0.6 is 0 Å². The normalized spacial score (nSPS) is 11.9. The highest BCUT2D eigenvalue weighted by Gasteiger charge is 2.12. The number of carbonyl (C=O) groups excluding carboxylic acids is 1. The second-order valence-electron chi connectivity index (χ2n) is 5.36. The third kappa shape index (κ3) is 6.17. The molecular formula is C14H21FN4O. The Bertz CT molecular complexity index is 494. The Morgan fingerprint density at radius 2 is 2.05 bits per heavy atom. The number of hydrogen-bond acceptors (Lipinski definition) is 2. The van der Waals surface area contributed by atoms with Crippen molar-refractivity contribution in [3.8, 4) is 0 Å². The number of carbonyl (C=O) groups is 1. The van der Waals surface area contributed by atoms with Crippen LogP contribution in [0.3, 0.4) is 0 Å². The molecule has 0 heterocycles. The molecule has 1 amide bonds. The van der Waals surface area contributed by atoms with Gasteiger partial charge in [-0.2, -0.15) is 0 Å². The maximum atomic E-state index is 13.0. The lowest BCUT2D eigenvalue weighted by molar-refractivity contribution is -0.115. The number of aliphatic imine (C=N–C) groups is 1. The van der Waals surface area contributed by atoms with Crippen LogP contribution in [-0.4, -0.2) is 31.0 Å². The summed E-state index contributed by atoms with van der Waals surface area (Å²) in [4.78, 5) is 15.8. The first kappa shape index (κ1) is 15.9. The molecule has 0 saturated heterocycles. The second kappa shape index (κ2) is 6.88. The highest BCUT2D eigenvalue weighted by molar-refractivity contribution is 5.95. The molecule has 1 aromatic carbocycles. The Hall–Kier alpha value is -2.11. The molecule has 0 unspecified atom stereocenters. The number of benzene rings is 1. The van der Waals surface area contributed by atoms with E-state index in [9.17, 15) is 9.18 Å². The topological polar surface area (TPSA) is 65.5 Å². The fraction of sp³-hybridized carbons (Fsp3) is 0.429. The van der Waals surface area contributed by atoms with E-state index in [0.717, 1.165) is 0 Å². The Morgan fingerprint density at radius 1 is 1.35 bits per heavy atom. The Labute approximate surface area is 118 Å². The first-order chi connectivity index (χ1) is 9.30. The van der Waals surface area contributed by atoms with Gasteiger partial charge in [0.1, 0.15) is 5.82 Å². The van der Waals surface area contributed by atoms with Gasteiger partial charge in [0.25, 0.3) is 0 Å². The lowest BCUT2D eigenvalue weighted by atomic mass is 10.1. The second-order valence-corrected chi connectivity index (χ2v) is 5.36. The Morgan fingerprint density at radius 3 is 2.60 bits per heavy atom. The number of nitrogens with zero attached hydrogens (tertiary/aromatic N) is 1. The fourth-order valence-electron chi connectivity index (χ4n) is 1.47. The van der Waals surface area contributed by atoms with E-state index in [1.165, 1.54) is 12.1 Å². The van der Waals surface area contributed by atoms with E-state index in [0.29, 0.717) is 11.6 Å². The molecule has 110 valence electrons. The van der Waals surface area contributed by atoms with Crippen molar-refractivity contribution in [2.75, 3.05) is 18.9 Å². The van der Waals surface area contributed by atoms with Crippen LogP contribution in [0.15, 0.2) is 29.3 Å². The maximum absolute atomic E-state index is 13.0. The van der Waals surface area contributed by atoms with Crippen LogP contribution in [0.5, 0.6) is 0 Å². The zero-order chi connectivity index (χ0) is 15.2. The third-order valence-corrected chi connectivity index (χ3v) is 2.24. The maximum Gasteiger partial charge on any atom is 0.243 e. The van der Waals surface area contributed by atoms with E-state index < -0.39 is 0 Å². The van der Waals surface area contributed by atoms with Crippen LogP contribution in [-0.2, 0) is 4.79 Å². The number of rotatable bonds is 3. The minimum atomic E-state index is -0.388. The van der Waals surface area contributed by atoms with Gasteiger partial charge in [-0.15, -0.1) is 0 Å². The van der Waals surface area contributed by atoms with Crippen LogP contribution in [0, 0.1) is 5.82 Å². The summed E-state index contributed by atoms with van der Waals surface area (Å²) in [5, 5.41) is 8.63. The lowest BCUT2D eigenvalue weighted by Crippen LogP contribution is -2.49. The number of guanidine groups is 1. The van der Waals surface area contributed by atoms with Crippen molar-refractivity contribution >= 4 is 17.6 Å². The quantitative estimate of drug-likeness (QED) is 0.583. The predicted octanol–water partition coefficient (Wildman–Crippen LogP) is 1.73. The minimum Gasteiger partial charge on any atom is -0.352 e. The highest BCUT2D eigenvalue weighted by Crippen LogP contribution is 2.08. The predicted molar refractivity (Wildman–Crippen MR) is 79.3 cm³/mol. The summed E-state index contributed by atoms with van der Waals surface area (Å²) >= 11 is 0. The number of nitrogens with one attached hydrogen (secondary N) is 3. The van der Waals surface area contributed by atoms with Crippen molar-refractivity contribution < 1.29 is 9.18 Å². The molecule has 0 aliphatic heterocycles. The number of hydrogen-bond donors (Lipinski definition) is 3. The summed E-state index contributed by atoms with van der Waals surface area (Å²) in [5.41, 5.74) is 0.275. The number of amides is 1. The van der Waals surface area contributed by atoms with Gasteiger partial charge in [0.15, 0.2) is 5.96 Å². The monoisotopic (exact) mass is 280 g/mol. The van der Waals surface area contributed by atoms with Gasteiger partial charge in [-0.25, -0.2) is 4.39 Å². The molecule has 1 rings (SSSR count). The molecule has 0 saturated carbocycles. The third-order valence-electron chi connectivity index (χ3n) is 2.24. The van der Waals surface area contributed by atoms with Crippen molar-refractivity contribution in [3.05, 3.63) is 30.1 Å². The van der Waals surface area contributed by atoms with Crippen LogP contribution in [0.4, 0.5) is 10.1 Å².